The molecule has 0 aromatic heterocycles. The van der Waals surface area contributed by atoms with Gasteiger partial charge in [0.25, 0.3) is 0 Å². The molecule has 0 aliphatic rings. The van der Waals surface area contributed by atoms with Crippen LogP contribution in [0.1, 0.15) is 89.0 Å². The van der Waals surface area contributed by atoms with Gasteiger partial charge in [-0.2, -0.15) is 0 Å². The number of hydrogen-bond acceptors (Lipinski definition) is 24. The van der Waals surface area contributed by atoms with Gasteiger partial charge >= 0.3 is 177 Å². The number of phenolic OH excluding ortho intramolecular Hbond substituents is 6. The number of phenols is 6. The van der Waals surface area contributed by atoms with E-state index in [2.05, 4.69) is 0 Å². The maximum Gasteiger partial charge on any atom is 1.00 e. The van der Waals surface area contributed by atoms with Crippen LogP contribution in [0.5, 0.6) is 34.5 Å². The molecule has 6 rings (SSSR count). The fourth-order valence-corrected chi connectivity index (χ4v) is 13.8. The Kier molecular flexibility index (Phi) is 30.0. The Morgan fingerprint density at radius 3 is 0.759 bits per heavy atom. The summed E-state index contributed by atoms with van der Waals surface area (Å²) < 4.78 is 227. The van der Waals surface area contributed by atoms with Crippen molar-refractivity contribution in [2.75, 3.05) is 0 Å². The van der Waals surface area contributed by atoms with Gasteiger partial charge in [0, 0.05) is 32.1 Å². The van der Waals surface area contributed by atoms with Crippen molar-refractivity contribution in [3.8, 4) is 34.5 Å². The molecule has 0 amide bonds. The topological polar surface area (TPSA) is 465 Å². The van der Waals surface area contributed by atoms with Crippen LogP contribution in [0.3, 0.4) is 0 Å². The molecular formula is C47H42Na6O24S6. The van der Waals surface area contributed by atoms with Gasteiger partial charge in [0.2, 0.25) is 0 Å². The van der Waals surface area contributed by atoms with E-state index < -0.39 is 229 Å². The van der Waals surface area contributed by atoms with Gasteiger partial charge in [-0.1, -0.05) is 0 Å². The summed E-state index contributed by atoms with van der Waals surface area (Å²) in [6.45, 7) is 6.65. The van der Waals surface area contributed by atoms with Crippen LogP contribution in [-0.4, -0.2) is 108 Å². The summed E-state index contributed by atoms with van der Waals surface area (Å²) in [5, 5.41) is 66.4. The van der Waals surface area contributed by atoms with Crippen molar-refractivity contribution in [2.45, 2.75) is 103 Å². The number of benzene rings is 6. The third-order valence-electron chi connectivity index (χ3n) is 13.2. The molecule has 0 spiro atoms. The van der Waals surface area contributed by atoms with Crippen molar-refractivity contribution in [1.82, 2.24) is 0 Å². The zero-order valence-electron chi connectivity index (χ0n) is 46.6. The summed E-state index contributed by atoms with van der Waals surface area (Å²) in [5.74, 6) is -4.48. The number of hydrogen-bond donors (Lipinski definition) is 6. The Labute approximate surface area is 612 Å². The normalized spacial score (nSPS) is 11.9. The van der Waals surface area contributed by atoms with Crippen molar-refractivity contribution in [3.63, 3.8) is 0 Å². The molecular weight excluding hydrogens is 1280 g/mol. The number of aryl methyl sites for hydroxylation is 1. The largest absolute Gasteiger partial charge is 1.00 e. The summed E-state index contributed by atoms with van der Waals surface area (Å²) in [6, 6.07) is 5.55. The van der Waals surface area contributed by atoms with Crippen LogP contribution in [-0.2, 0) is 92.8 Å². The van der Waals surface area contributed by atoms with Gasteiger partial charge in [-0.25, -0.2) is 50.5 Å². The third kappa shape index (κ3) is 18.2. The predicted molar refractivity (Wildman–Crippen MR) is 259 cm³/mol. The van der Waals surface area contributed by atoms with E-state index in [-0.39, 0.29) is 194 Å². The second kappa shape index (κ2) is 30.1. The van der Waals surface area contributed by atoms with Gasteiger partial charge in [-0.05, 0) is 179 Å². The van der Waals surface area contributed by atoms with Crippen LogP contribution in [0, 0.1) is 41.5 Å². The summed E-state index contributed by atoms with van der Waals surface area (Å²) in [7, 11) is -33.2. The molecule has 0 unspecified atom stereocenters. The quantitative estimate of drug-likeness (QED) is 0.0387. The molecule has 0 fully saturated rings. The summed E-state index contributed by atoms with van der Waals surface area (Å²) >= 11 is 0. The molecule has 0 saturated heterocycles. The van der Waals surface area contributed by atoms with Crippen LogP contribution in [0.25, 0.3) is 0 Å². The smallest absolute Gasteiger partial charge is 0.744 e. The van der Waals surface area contributed by atoms with Crippen molar-refractivity contribution in [1.29, 1.82) is 0 Å². The van der Waals surface area contributed by atoms with E-state index in [4.69, 9.17) is 0 Å². The Hall–Kier alpha value is -0.420. The SMILES string of the molecule is Cc1cc(S(=O)(=O)[O-])c(Cc2c(S(=O)(=O)[O-])cc(Cc3c(S(=O)(=O)[O-])cc(Cc4c(S(=O)(=O)[O-])cc(Cc5c(S(=O)(=O)[O-])cc(Cc6c(S(=O)(=O)[O-])ccc(O)c6C)c(O)c5C)c(O)c4C)c(O)c3C)c(O)c2C)cc1O.[Na+].[Na+].[Na+].[Na+].[Na+].[Na+]. The Morgan fingerprint density at radius 2 is 0.518 bits per heavy atom. The standard InChI is InChI=1S/C47H48O24S6.6Na/c1-20-9-39(73(57,58)59)26(15-37(20)49)10-32-22(3)44(50)28(17-40(32)74(60,61)62)12-34-24(5)46(52)30(19-42(34)76(66,67)68)14-35-25(6)47(53)29(18-43(35)77(69,70)71)13-33-23(4)45(51)27(16-41(33)75(63,64)65)11-31-21(2)36(48)7-8-38(31)72(54,55)56;;;;;;/h7-9,15-19,48-53H,10-14H2,1-6H3,(H,54,55,56)(H,57,58,59)(H,60,61,62)(H,63,64,65)(H,66,67,68)(H,69,70,71);;;;;;/q;6*+1/p-6. The molecule has 6 N–H and O–H groups in total. The van der Waals surface area contributed by atoms with Crippen molar-refractivity contribution >= 4 is 60.7 Å². The van der Waals surface area contributed by atoms with Gasteiger partial charge in [-0.15, -0.1) is 0 Å². The molecule has 0 atom stereocenters. The minimum absolute atomic E-state index is 0. The van der Waals surface area contributed by atoms with Gasteiger partial charge in [0.05, 0.1) is 29.4 Å². The first-order chi connectivity index (χ1) is 35.0. The second-order valence-electron chi connectivity index (χ2n) is 18.0. The van der Waals surface area contributed by atoms with Crippen molar-refractivity contribution in [2.24, 2.45) is 0 Å². The molecule has 36 heteroatoms. The van der Waals surface area contributed by atoms with Crippen LogP contribution < -0.4 is 177 Å². The van der Waals surface area contributed by atoms with E-state index in [1.807, 2.05) is 0 Å². The zero-order chi connectivity index (χ0) is 58.4. The number of rotatable bonds is 16. The monoisotopic (exact) mass is 1320 g/mol. The third-order valence-corrected chi connectivity index (χ3v) is 18.7. The molecule has 0 aliphatic heterocycles. The summed E-state index contributed by atoms with van der Waals surface area (Å²) in [5.41, 5.74) is -7.56. The number of aromatic hydroxyl groups is 6. The van der Waals surface area contributed by atoms with Crippen LogP contribution in [0.15, 0.2) is 77.9 Å². The Morgan fingerprint density at radius 1 is 0.289 bits per heavy atom. The van der Waals surface area contributed by atoms with E-state index in [0.29, 0.717) is 24.3 Å². The van der Waals surface area contributed by atoms with E-state index in [1.54, 1.807) is 0 Å². The maximum absolute atomic E-state index is 13.0. The van der Waals surface area contributed by atoms with Gasteiger partial charge in [-0.3, -0.25) is 0 Å². The molecule has 83 heavy (non-hydrogen) atoms. The molecule has 0 heterocycles. The van der Waals surface area contributed by atoms with E-state index >= 15 is 0 Å². The fourth-order valence-electron chi connectivity index (χ4n) is 9.05. The zero-order valence-corrected chi connectivity index (χ0v) is 63.5. The van der Waals surface area contributed by atoms with Crippen LogP contribution >= 0.6 is 0 Å². The molecule has 0 saturated carbocycles. The molecule has 6 aromatic carbocycles. The van der Waals surface area contributed by atoms with E-state index in [9.17, 15) is 108 Å². The predicted octanol–water partition coefficient (Wildman–Crippen LogP) is -14.8. The van der Waals surface area contributed by atoms with E-state index in [0.717, 1.165) is 52.0 Å². The Bertz CT molecular complexity index is 4270. The molecule has 0 aliphatic carbocycles. The Balaban J connectivity index is 0.0000112. The first-order valence-electron chi connectivity index (χ1n) is 21.7. The van der Waals surface area contributed by atoms with Gasteiger partial charge < -0.3 is 58.0 Å². The van der Waals surface area contributed by atoms with Crippen LogP contribution in [0.2, 0.25) is 0 Å². The van der Waals surface area contributed by atoms with Crippen molar-refractivity contribution in [3.05, 3.63) is 138 Å². The minimum Gasteiger partial charge on any atom is -0.744 e. The van der Waals surface area contributed by atoms with Crippen molar-refractivity contribution < 1.29 is 286 Å². The van der Waals surface area contributed by atoms with Gasteiger partial charge in [0.15, 0.2) is 0 Å². The molecule has 0 bridgehead atoms. The molecule has 0 radical (unpaired) electrons. The fraction of sp³-hybridized carbons (Fsp3) is 0.234. The van der Waals surface area contributed by atoms with E-state index in [1.165, 1.54) is 13.8 Å². The maximum atomic E-state index is 13.0. The average molecular weight is 1320 g/mol. The molecule has 6 aromatic rings. The average Bonchev–Trinajstić information content (AvgIpc) is 3.27. The first kappa shape index (κ1) is 82.6. The summed E-state index contributed by atoms with van der Waals surface area (Å²) in [6.07, 6.45) is -4.49. The molecule has 416 valence electrons. The summed E-state index contributed by atoms with van der Waals surface area (Å²) in [4.78, 5) is -6.36. The first-order valence-corrected chi connectivity index (χ1v) is 30.2. The van der Waals surface area contributed by atoms with Crippen LogP contribution in [0.4, 0.5) is 0 Å². The minimum atomic E-state index is -5.71. The van der Waals surface area contributed by atoms with Gasteiger partial charge in [0.1, 0.15) is 95.2 Å². The molecule has 24 nitrogen and oxygen atoms in total. The second-order valence-corrected chi connectivity index (χ2v) is 26.1.